The summed E-state index contributed by atoms with van der Waals surface area (Å²) in [7, 11) is 0. The van der Waals surface area contributed by atoms with Crippen molar-refractivity contribution in [1.82, 2.24) is 15.5 Å². The van der Waals surface area contributed by atoms with Crippen molar-refractivity contribution in [3.05, 3.63) is 29.8 Å². The number of nitrogens with two attached hydrogens (primary N) is 5. The third-order valence-corrected chi connectivity index (χ3v) is 6.70. The molecule has 250 valence electrons. The van der Waals surface area contributed by atoms with E-state index in [4.69, 9.17) is 28.7 Å². The largest absolute Gasteiger partial charge is 0.508 e. The van der Waals surface area contributed by atoms with Crippen molar-refractivity contribution in [3.63, 3.8) is 0 Å². The summed E-state index contributed by atoms with van der Waals surface area (Å²) < 4.78 is 0. The number of carbonyl (C=O) groups excluding carboxylic acids is 5. The number of primary amides is 1. The average molecular weight is 636 g/mol. The summed E-state index contributed by atoms with van der Waals surface area (Å²) in [5.41, 5.74) is 26.2. The van der Waals surface area contributed by atoms with Crippen molar-refractivity contribution in [2.75, 3.05) is 6.54 Å². The van der Waals surface area contributed by atoms with Crippen LogP contribution in [0.3, 0.4) is 0 Å². The monoisotopic (exact) mass is 635 g/mol. The Morgan fingerprint density at radius 3 is 2.00 bits per heavy atom. The number of hydrogen-bond acceptors (Lipinski definition) is 10. The molecular formula is C28H45N9O8. The molecule has 0 saturated carbocycles. The number of phenols is 1. The Morgan fingerprint density at radius 2 is 1.53 bits per heavy atom. The van der Waals surface area contributed by atoms with Crippen LogP contribution >= 0.6 is 0 Å². The van der Waals surface area contributed by atoms with Crippen LogP contribution in [-0.2, 0) is 35.2 Å². The Hall–Kier alpha value is -4.77. The SMILES string of the molecule is CC(C)C(=O)N(C(=O)[C@@H](N)CCCN=C(N)N)[C@@](N)(CC(=O)O)C(=O)N[C@H](C(=O)N[C@@H](Cc1ccc(O)cc1)C(N)=O)C(C)C. The van der Waals surface area contributed by atoms with Gasteiger partial charge in [-0.1, -0.05) is 39.8 Å². The first-order chi connectivity index (χ1) is 20.8. The summed E-state index contributed by atoms with van der Waals surface area (Å²) in [5.74, 6) is -8.60. The predicted molar refractivity (Wildman–Crippen MR) is 163 cm³/mol. The van der Waals surface area contributed by atoms with Crippen LogP contribution in [0, 0.1) is 11.8 Å². The van der Waals surface area contributed by atoms with Gasteiger partial charge >= 0.3 is 5.97 Å². The first-order valence-corrected chi connectivity index (χ1v) is 14.2. The zero-order chi connectivity index (χ0) is 34.6. The van der Waals surface area contributed by atoms with Crippen molar-refractivity contribution < 1.29 is 39.0 Å². The van der Waals surface area contributed by atoms with Gasteiger partial charge in [0, 0.05) is 18.9 Å². The number of phenolic OH excluding ortho intramolecular Hbond substituents is 1. The lowest BCUT2D eigenvalue weighted by molar-refractivity contribution is -0.164. The standard InChI is InChI=1S/C28H45N9O8/c1-14(2)21(23(42)35-19(22(30)41)12-16-7-9-17(38)10-8-16)36-26(45)28(33,13-20(39)40)37(24(43)15(3)4)25(44)18(29)6-5-11-34-27(31)32/h7-10,14-15,18-19,21,38H,5-6,11-13,29,33H2,1-4H3,(H2,30,41)(H,35,42)(H,36,45)(H,39,40)(H4,31,32,34)/t18-,19-,21-,28-/m0/s1. The topological polar surface area (TPSA) is 313 Å². The van der Waals surface area contributed by atoms with Crippen LogP contribution in [0.25, 0.3) is 0 Å². The third kappa shape index (κ3) is 11.3. The van der Waals surface area contributed by atoms with E-state index in [1.807, 2.05) is 0 Å². The van der Waals surface area contributed by atoms with Crippen LogP contribution in [-0.4, -0.2) is 86.9 Å². The van der Waals surface area contributed by atoms with Gasteiger partial charge in [0.2, 0.25) is 23.6 Å². The quantitative estimate of drug-likeness (QED) is 0.0373. The fourth-order valence-corrected chi connectivity index (χ4v) is 4.21. The van der Waals surface area contributed by atoms with Crippen LogP contribution in [0.1, 0.15) is 52.5 Å². The Morgan fingerprint density at radius 1 is 0.956 bits per heavy atom. The maximum atomic E-state index is 13.8. The number of carbonyl (C=O) groups is 6. The van der Waals surface area contributed by atoms with Crippen LogP contribution in [0.4, 0.5) is 0 Å². The zero-order valence-corrected chi connectivity index (χ0v) is 25.9. The molecule has 0 aliphatic heterocycles. The van der Waals surface area contributed by atoms with Crippen LogP contribution in [0.2, 0.25) is 0 Å². The molecule has 0 aliphatic carbocycles. The first-order valence-electron chi connectivity index (χ1n) is 14.2. The predicted octanol–water partition coefficient (Wildman–Crippen LogP) is -2.43. The summed E-state index contributed by atoms with van der Waals surface area (Å²) in [5, 5.41) is 24.0. The maximum Gasteiger partial charge on any atom is 0.307 e. The molecule has 0 aromatic heterocycles. The minimum Gasteiger partial charge on any atom is -0.508 e. The minimum atomic E-state index is -2.82. The lowest BCUT2D eigenvalue weighted by atomic mass is 9.96. The van der Waals surface area contributed by atoms with Gasteiger partial charge in [0.15, 0.2) is 11.6 Å². The minimum absolute atomic E-state index is 0.0111. The van der Waals surface area contributed by atoms with Gasteiger partial charge in [-0.3, -0.25) is 44.4 Å². The zero-order valence-electron chi connectivity index (χ0n) is 25.9. The molecule has 5 amide bonds. The number of carboxylic acid groups (broad SMARTS) is 1. The number of imide groups is 1. The molecule has 0 aliphatic rings. The van der Waals surface area contributed by atoms with Crippen LogP contribution < -0.4 is 39.3 Å². The van der Waals surface area contributed by atoms with E-state index in [0.717, 1.165) is 0 Å². The number of guanidine groups is 1. The molecule has 1 rings (SSSR count). The second kappa shape index (κ2) is 16.9. The summed E-state index contributed by atoms with van der Waals surface area (Å²) in [6.45, 7) is 6.03. The number of nitrogens with one attached hydrogen (secondary N) is 2. The number of hydrogen-bond donors (Lipinski definition) is 9. The molecule has 1 aromatic carbocycles. The van der Waals surface area contributed by atoms with Crippen molar-refractivity contribution in [1.29, 1.82) is 0 Å². The van der Waals surface area contributed by atoms with Gasteiger partial charge in [-0.2, -0.15) is 0 Å². The second-order valence-corrected chi connectivity index (χ2v) is 11.2. The maximum absolute atomic E-state index is 13.8. The number of aliphatic imine (C=N–C) groups is 1. The van der Waals surface area contributed by atoms with Crippen LogP contribution in [0.5, 0.6) is 5.75 Å². The molecule has 14 N–H and O–H groups in total. The van der Waals surface area contributed by atoms with Gasteiger partial charge in [-0.05, 0) is 36.5 Å². The highest BCUT2D eigenvalue weighted by atomic mass is 16.4. The number of nitrogens with zero attached hydrogens (tertiary/aromatic N) is 2. The normalized spacial score (nSPS) is 14.4. The fraction of sp³-hybridized carbons (Fsp3) is 0.536. The molecule has 1 aromatic rings. The summed E-state index contributed by atoms with van der Waals surface area (Å²) in [4.78, 5) is 82.1. The number of rotatable bonds is 17. The molecular weight excluding hydrogens is 590 g/mol. The lowest BCUT2D eigenvalue weighted by Gasteiger charge is -2.40. The van der Waals surface area contributed by atoms with Crippen molar-refractivity contribution in [3.8, 4) is 5.75 Å². The fourth-order valence-electron chi connectivity index (χ4n) is 4.21. The van der Waals surface area contributed by atoms with Gasteiger partial charge in [0.1, 0.15) is 17.8 Å². The van der Waals surface area contributed by atoms with E-state index in [9.17, 15) is 39.0 Å². The van der Waals surface area contributed by atoms with E-state index in [1.54, 1.807) is 13.8 Å². The summed E-state index contributed by atoms with van der Waals surface area (Å²) in [6.07, 6.45) is -1.11. The molecule has 0 heterocycles. The second-order valence-electron chi connectivity index (χ2n) is 11.2. The van der Waals surface area contributed by atoms with Crippen molar-refractivity contribution in [2.45, 2.75) is 77.2 Å². The third-order valence-electron chi connectivity index (χ3n) is 6.70. The molecule has 0 radical (unpaired) electrons. The van der Waals surface area contributed by atoms with Gasteiger partial charge < -0.3 is 43.8 Å². The van der Waals surface area contributed by atoms with E-state index >= 15 is 0 Å². The Bertz CT molecular complexity index is 1260. The van der Waals surface area contributed by atoms with E-state index in [0.29, 0.717) is 10.5 Å². The highest BCUT2D eigenvalue weighted by molar-refractivity contribution is 6.06. The Kier molecular flexibility index (Phi) is 14.4. The number of carboxylic acids is 1. The lowest BCUT2D eigenvalue weighted by Crippen LogP contribution is -2.72. The number of amides is 5. The summed E-state index contributed by atoms with van der Waals surface area (Å²) in [6, 6.07) is 1.77. The molecule has 0 spiro atoms. The molecule has 0 saturated heterocycles. The molecule has 0 bridgehead atoms. The number of benzene rings is 1. The van der Waals surface area contributed by atoms with Crippen LogP contribution in [0.15, 0.2) is 29.3 Å². The van der Waals surface area contributed by atoms with Gasteiger partial charge in [-0.25, -0.2) is 0 Å². The molecule has 17 nitrogen and oxygen atoms in total. The molecule has 17 heteroatoms. The smallest absolute Gasteiger partial charge is 0.307 e. The Balaban J connectivity index is 3.40. The van der Waals surface area contributed by atoms with Gasteiger partial charge in [-0.15, -0.1) is 0 Å². The molecule has 0 fully saturated rings. The van der Waals surface area contributed by atoms with E-state index in [2.05, 4.69) is 15.6 Å². The Labute approximate surface area is 260 Å². The summed E-state index contributed by atoms with van der Waals surface area (Å²) >= 11 is 0. The molecule has 45 heavy (non-hydrogen) atoms. The van der Waals surface area contributed by atoms with Gasteiger partial charge in [0.25, 0.3) is 5.91 Å². The number of aromatic hydroxyl groups is 1. The van der Waals surface area contributed by atoms with E-state index < -0.39 is 77.6 Å². The van der Waals surface area contributed by atoms with Gasteiger partial charge in [0.05, 0.1) is 12.5 Å². The first kappa shape index (κ1) is 38.3. The van der Waals surface area contributed by atoms with Crippen molar-refractivity contribution >= 4 is 41.5 Å². The highest BCUT2D eigenvalue weighted by Crippen LogP contribution is 2.22. The van der Waals surface area contributed by atoms with E-state index in [1.165, 1.54) is 38.1 Å². The molecule has 0 unspecified atom stereocenters. The number of aliphatic carboxylic acids is 1. The van der Waals surface area contributed by atoms with E-state index in [-0.39, 0.29) is 37.5 Å². The average Bonchev–Trinajstić information content (AvgIpc) is 2.93. The van der Waals surface area contributed by atoms with Crippen molar-refractivity contribution in [2.24, 2.45) is 45.5 Å². The molecule has 4 atom stereocenters. The highest BCUT2D eigenvalue weighted by Gasteiger charge is 2.50.